The number of halogens is 1. The Hall–Kier alpha value is -0.280. The molecule has 1 saturated heterocycles. The van der Waals surface area contributed by atoms with Crippen LogP contribution in [0.4, 0.5) is 0 Å². The van der Waals surface area contributed by atoms with Crippen molar-refractivity contribution in [2.75, 3.05) is 6.54 Å². The zero-order valence-corrected chi connectivity index (χ0v) is 12.9. The molecule has 2 unspecified atom stereocenters. The number of hydrogen-bond acceptors (Lipinski definition) is 2. The van der Waals surface area contributed by atoms with Crippen molar-refractivity contribution in [1.29, 1.82) is 0 Å². The summed E-state index contributed by atoms with van der Waals surface area (Å²) in [7, 11) is 0. The van der Waals surface area contributed by atoms with E-state index in [1.165, 1.54) is 44.9 Å². The highest BCUT2D eigenvalue weighted by molar-refractivity contribution is 5.85. The fourth-order valence-corrected chi connectivity index (χ4v) is 3.11. The summed E-state index contributed by atoms with van der Waals surface area (Å²) in [6.45, 7) is 3.31. The van der Waals surface area contributed by atoms with Gasteiger partial charge in [-0.1, -0.05) is 26.2 Å². The molecule has 0 radical (unpaired) electrons. The molecular formula is C15H29ClN2O. The second-order valence-electron chi connectivity index (χ2n) is 6.00. The maximum Gasteiger partial charge on any atom is 0.221 e. The van der Waals surface area contributed by atoms with E-state index in [2.05, 4.69) is 17.6 Å². The minimum Gasteiger partial charge on any atom is -0.353 e. The molecule has 2 atom stereocenters. The molecule has 4 heteroatoms. The first kappa shape index (κ1) is 16.8. The van der Waals surface area contributed by atoms with Gasteiger partial charge in [0.1, 0.15) is 0 Å². The van der Waals surface area contributed by atoms with Gasteiger partial charge in [-0.2, -0.15) is 0 Å². The van der Waals surface area contributed by atoms with Crippen LogP contribution in [0.1, 0.15) is 64.7 Å². The summed E-state index contributed by atoms with van der Waals surface area (Å²) in [5.41, 5.74) is 0. The quantitative estimate of drug-likeness (QED) is 0.756. The summed E-state index contributed by atoms with van der Waals surface area (Å²) in [5.74, 6) is 1.03. The highest BCUT2D eigenvalue weighted by Gasteiger charge is 2.28. The number of hydrogen-bond donors (Lipinski definition) is 2. The lowest BCUT2D eigenvalue weighted by Crippen LogP contribution is -2.44. The predicted octanol–water partition coefficient (Wildman–Crippen LogP) is 3.03. The van der Waals surface area contributed by atoms with Crippen molar-refractivity contribution in [3.63, 3.8) is 0 Å². The van der Waals surface area contributed by atoms with Gasteiger partial charge in [0.15, 0.2) is 0 Å². The van der Waals surface area contributed by atoms with Crippen molar-refractivity contribution in [2.45, 2.75) is 76.8 Å². The molecule has 2 N–H and O–H groups in total. The number of carbonyl (C=O) groups excluding carboxylic acids is 1. The molecule has 1 amide bonds. The fraction of sp³-hybridized carbons (Fsp3) is 0.933. The second kappa shape index (κ2) is 8.80. The summed E-state index contributed by atoms with van der Waals surface area (Å²) in [5, 5.41) is 6.70. The molecule has 112 valence electrons. The van der Waals surface area contributed by atoms with Gasteiger partial charge in [-0.05, 0) is 44.6 Å². The van der Waals surface area contributed by atoms with Crippen LogP contribution in [0.25, 0.3) is 0 Å². The van der Waals surface area contributed by atoms with Crippen molar-refractivity contribution in [1.82, 2.24) is 10.6 Å². The van der Waals surface area contributed by atoms with Crippen LogP contribution in [0.3, 0.4) is 0 Å². The van der Waals surface area contributed by atoms with Crippen LogP contribution in [0, 0.1) is 5.92 Å². The largest absolute Gasteiger partial charge is 0.353 e. The van der Waals surface area contributed by atoms with Crippen LogP contribution in [0.5, 0.6) is 0 Å². The number of unbranched alkanes of at least 4 members (excludes halogenated alkanes) is 1. The van der Waals surface area contributed by atoms with Crippen LogP contribution in [-0.2, 0) is 4.79 Å². The fourth-order valence-electron chi connectivity index (χ4n) is 3.11. The van der Waals surface area contributed by atoms with Gasteiger partial charge < -0.3 is 10.6 Å². The Labute approximate surface area is 123 Å². The Morgan fingerprint density at radius 1 is 1.32 bits per heavy atom. The highest BCUT2D eigenvalue weighted by Crippen LogP contribution is 2.31. The van der Waals surface area contributed by atoms with Gasteiger partial charge in [-0.25, -0.2) is 0 Å². The minimum atomic E-state index is 0. The van der Waals surface area contributed by atoms with E-state index >= 15 is 0 Å². The Morgan fingerprint density at radius 3 is 2.63 bits per heavy atom. The molecular weight excluding hydrogens is 260 g/mol. The molecule has 2 aliphatic rings. The predicted molar refractivity (Wildman–Crippen MR) is 81.7 cm³/mol. The van der Waals surface area contributed by atoms with Crippen LogP contribution in [0.2, 0.25) is 0 Å². The van der Waals surface area contributed by atoms with Crippen LogP contribution >= 0.6 is 12.4 Å². The lowest BCUT2D eigenvalue weighted by Gasteiger charge is -2.34. The number of rotatable bonds is 7. The third-order valence-corrected chi connectivity index (χ3v) is 4.53. The smallest absolute Gasteiger partial charge is 0.221 e. The van der Waals surface area contributed by atoms with Gasteiger partial charge in [-0.3, -0.25) is 4.79 Å². The topological polar surface area (TPSA) is 41.1 Å². The molecule has 0 aromatic rings. The third kappa shape index (κ3) is 5.31. The lowest BCUT2D eigenvalue weighted by molar-refractivity contribution is -0.122. The Morgan fingerprint density at radius 2 is 2.11 bits per heavy atom. The van der Waals surface area contributed by atoms with Crippen molar-refractivity contribution >= 4 is 18.3 Å². The third-order valence-electron chi connectivity index (χ3n) is 4.53. The standard InChI is InChI=1S/C15H28N2O.ClH/c1-2-3-9-14(12-6-4-7-12)17-15(18)11-13-8-5-10-16-13;/h12-14,16H,2-11H2,1H3,(H,17,18);1H. The monoisotopic (exact) mass is 288 g/mol. The molecule has 1 aliphatic carbocycles. The maximum absolute atomic E-state index is 12.1. The normalized spacial score (nSPS) is 24.4. The Bertz CT molecular complexity index is 263. The van der Waals surface area contributed by atoms with E-state index in [0.29, 0.717) is 18.5 Å². The number of nitrogens with one attached hydrogen (secondary N) is 2. The summed E-state index contributed by atoms with van der Waals surface area (Å²) >= 11 is 0. The zero-order valence-electron chi connectivity index (χ0n) is 12.1. The van der Waals surface area contributed by atoms with Crippen LogP contribution in [0.15, 0.2) is 0 Å². The first-order chi connectivity index (χ1) is 8.79. The molecule has 19 heavy (non-hydrogen) atoms. The molecule has 0 bridgehead atoms. The van der Waals surface area contributed by atoms with Crippen molar-refractivity contribution in [3.05, 3.63) is 0 Å². The van der Waals surface area contributed by atoms with E-state index in [-0.39, 0.29) is 18.3 Å². The maximum atomic E-state index is 12.1. The summed E-state index contributed by atoms with van der Waals surface area (Å²) < 4.78 is 0. The van der Waals surface area contributed by atoms with Crippen molar-refractivity contribution in [3.8, 4) is 0 Å². The van der Waals surface area contributed by atoms with E-state index in [1.807, 2.05) is 0 Å². The Balaban J connectivity index is 0.00000180. The summed E-state index contributed by atoms with van der Waals surface area (Å²) in [6, 6.07) is 0.880. The van der Waals surface area contributed by atoms with E-state index in [0.717, 1.165) is 18.9 Å². The minimum absolute atomic E-state index is 0. The SMILES string of the molecule is CCCCC(NC(=O)CC1CCCN1)C1CCC1.Cl. The van der Waals surface area contributed by atoms with Crippen molar-refractivity contribution in [2.24, 2.45) is 5.92 Å². The first-order valence-electron chi connectivity index (χ1n) is 7.82. The summed E-state index contributed by atoms with van der Waals surface area (Å²) in [4.78, 5) is 12.1. The average Bonchev–Trinajstić information content (AvgIpc) is 2.76. The van der Waals surface area contributed by atoms with Gasteiger partial charge in [0.2, 0.25) is 5.91 Å². The molecule has 0 aromatic heterocycles. The van der Waals surface area contributed by atoms with Crippen LogP contribution < -0.4 is 10.6 Å². The van der Waals surface area contributed by atoms with Gasteiger partial charge >= 0.3 is 0 Å². The molecule has 1 heterocycles. The van der Waals surface area contributed by atoms with Crippen molar-refractivity contribution < 1.29 is 4.79 Å². The number of carbonyl (C=O) groups is 1. The molecule has 3 nitrogen and oxygen atoms in total. The van der Waals surface area contributed by atoms with Gasteiger partial charge in [0, 0.05) is 18.5 Å². The Kier molecular flexibility index (Phi) is 7.77. The van der Waals surface area contributed by atoms with E-state index in [4.69, 9.17) is 0 Å². The van der Waals surface area contributed by atoms with Gasteiger partial charge in [0.25, 0.3) is 0 Å². The molecule has 0 aromatic carbocycles. The molecule has 0 spiro atoms. The summed E-state index contributed by atoms with van der Waals surface area (Å²) in [6.07, 6.45) is 10.7. The number of amides is 1. The molecule has 2 rings (SSSR count). The average molecular weight is 289 g/mol. The highest BCUT2D eigenvalue weighted by atomic mass is 35.5. The lowest BCUT2D eigenvalue weighted by atomic mass is 9.78. The zero-order chi connectivity index (χ0) is 12.8. The van der Waals surface area contributed by atoms with Gasteiger partial charge in [-0.15, -0.1) is 12.4 Å². The van der Waals surface area contributed by atoms with Crippen LogP contribution in [-0.4, -0.2) is 24.5 Å². The van der Waals surface area contributed by atoms with E-state index in [9.17, 15) is 4.79 Å². The van der Waals surface area contributed by atoms with E-state index < -0.39 is 0 Å². The molecule has 2 fully saturated rings. The second-order valence-corrected chi connectivity index (χ2v) is 6.00. The van der Waals surface area contributed by atoms with E-state index in [1.54, 1.807) is 0 Å². The van der Waals surface area contributed by atoms with Gasteiger partial charge in [0.05, 0.1) is 0 Å². The molecule has 1 aliphatic heterocycles. The first-order valence-corrected chi connectivity index (χ1v) is 7.82. The molecule has 1 saturated carbocycles.